The molecular formula is C25H34N2O4. The third kappa shape index (κ3) is 7.31. The van der Waals surface area contributed by atoms with Crippen LogP contribution in [0.25, 0.3) is 0 Å². The van der Waals surface area contributed by atoms with Crippen LogP contribution in [0.4, 0.5) is 0 Å². The van der Waals surface area contributed by atoms with Crippen LogP contribution in [-0.2, 0) is 22.6 Å². The van der Waals surface area contributed by atoms with E-state index in [1.807, 2.05) is 62.4 Å². The lowest BCUT2D eigenvalue weighted by Crippen LogP contribution is -2.50. The summed E-state index contributed by atoms with van der Waals surface area (Å²) in [6.45, 7) is 7.92. The number of methoxy groups -OCH3 is 1. The molecule has 2 aromatic carbocycles. The van der Waals surface area contributed by atoms with E-state index in [9.17, 15) is 9.59 Å². The van der Waals surface area contributed by atoms with E-state index in [1.54, 1.807) is 18.9 Å². The molecule has 31 heavy (non-hydrogen) atoms. The molecule has 6 nitrogen and oxygen atoms in total. The van der Waals surface area contributed by atoms with Crippen molar-refractivity contribution in [2.75, 3.05) is 13.7 Å². The van der Waals surface area contributed by atoms with Gasteiger partial charge in [-0.2, -0.15) is 0 Å². The molecule has 0 bridgehead atoms. The summed E-state index contributed by atoms with van der Waals surface area (Å²) in [6, 6.07) is 14.6. The smallest absolute Gasteiger partial charge is 0.261 e. The molecule has 2 amide bonds. The highest BCUT2D eigenvalue weighted by Gasteiger charge is 2.27. The van der Waals surface area contributed by atoms with E-state index in [-0.39, 0.29) is 31.0 Å². The molecule has 0 spiro atoms. The highest BCUT2D eigenvalue weighted by atomic mass is 16.5. The Morgan fingerprint density at radius 2 is 1.71 bits per heavy atom. The number of hydrogen-bond acceptors (Lipinski definition) is 4. The van der Waals surface area contributed by atoms with E-state index in [4.69, 9.17) is 9.47 Å². The Hall–Kier alpha value is -3.02. The lowest BCUT2D eigenvalue weighted by molar-refractivity contribution is -0.142. The molecule has 0 radical (unpaired) electrons. The fraction of sp³-hybridized carbons (Fsp3) is 0.440. The minimum Gasteiger partial charge on any atom is -0.497 e. The van der Waals surface area contributed by atoms with Crippen LogP contribution in [0.2, 0.25) is 0 Å². The highest BCUT2D eigenvalue weighted by Crippen LogP contribution is 2.17. The SMILES string of the molecule is CCc1ccc(OCC(=O)N(Cc2cccc(OC)c2)C(C)C(=O)NC(C)CC)cc1. The maximum absolute atomic E-state index is 13.1. The fourth-order valence-electron chi connectivity index (χ4n) is 3.07. The molecule has 2 atom stereocenters. The van der Waals surface area contributed by atoms with E-state index in [2.05, 4.69) is 12.2 Å². The van der Waals surface area contributed by atoms with E-state index < -0.39 is 6.04 Å². The summed E-state index contributed by atoms with van der Waals surface area (Å²) < 4.78 is 11.0. The van der Waals surface area contributed by atoms with Crippen molar-refractivity contribution >= 4 is 11.8 Å². The van der Waals surface area contributed by atoms with Crippen molar-refractivity contribution in [3.8, 4) is 11.5 Å². The van der Waals surface area contributed by atoms with E-state index in [0.717, 1.165) is 18.4 Å². The van der Waals surface area contributed by atoms with Crippen LogP contribution in [-0.4, -0.2) is 42.5 Å². The van der Waals surface area contributed by atoms with Crippen LogP contribution in [0.5, 0.6) is 11.5 Å². The van der Waals surface area contributed by atoms with Gasteiger partial charge in [0, 0.05) is 12.6 Å². The molecule has 2 rings (SSSR count). The highest BCUT2D eigenvalue weighted by molar-refractivity contribution is 5.88. The number of aryl methyl sites for hydroxylation is 1. The quantitative estimate of drug-likeness (QED) is 0.590. The summed E-state index contributed by atoms with van der Waals surface area (Å²) >= 11 is 0. The Morgan fingerprint density at radius 3 is 2.32 bits per heavy atom. The second kappa shape index (κ2) is 12.0. The number of hydrogen-bond donors (Lipinski definition) is 1. The number of ether oxygens (including phenoxy) is 2. The number of nitrogens with zero attached hydrogens (tertiary/aromatic N) is 1. The predicted molar refractivity (Wildman–Crippen MR) is 122 cm³/mol. The Balaban J connectivity index is 2.15. The molecule has 1 N–H and O–H groups in total. The Labute approximate surface area is 185 Å². The van der Waals surface area contributed by atoms with Gasteiger partial charge in [-0.25, -0.2) is 0 Å². The van der Waals surface area contributed by atoms with Crippen molar-refractivity contribution in [1.82, 2.24) is 10.2 Å². The molecule has 0 aliphatic carbocycles. The van der Waals surface area contributed by atoms with Gasteiger partial charge >= 0.3 is 0 Å². The second-order valence-electron chi connectivity index (χ2n) is 7.65. The zero-order chi connectivity index (χ0) is 22.8. The second-order valence-corrected chi connectivity index (χ2v) is 7.65. The van der Waals surface area contributed by atoms with E-state index in [0.29, 0.717) is 11.5 Å². The van der Waals surface area contributed by atoms with Crippen molar-refractivity contribution in [3.05, 3.63) is 59.7 Å². The lowest BCUT2D eigenvalue weighted by atomic mass is 10.1. The van der Waals surface area contributed by atoms with Crippen LogP contribution in [0.3, 0.4) is 0 Å². The van der Waals surface area contributed by atoms with Crippen molar-refractivity contribution in [2.24, 2.45) is 0 Å². The fourth-order valence-corrected chi connectivity index (χ4v) is 3.07. The number of carbonyl (C=O) groups excluding carboxylic acids is 2. The Bertz CT molecular complexity index is 851. The monoisotopic (exact) mass is 426 g/mol. The number of carbonyl (C=O) groups is 2. The number of amides is 2. The van der Waals surface area contributed by atoms with Crippen molar-refractivity contribution in [3.63, 3.8) is 0 Å². The first kappa shape index (κ1) is 24.3. The molecule has 0 saturated carbocycles. The van der Waals surface area contributed by atoms with Gasteiger partial charge in [-0.15, -0.1) is 0 Å². The maximum Gasteiger partial charge on any atom is 0.261 e. The van der Waals surface area contributed by atoms with Crippen LogP contribution in [0, 0.1) is 0 Å². The molecule has 0 heterocycles. The largest absolute Gasteiger partial charge is 0.497 e. The summed E-state index contributed by atoms with van der Waals surface area (Å²) in [5.74, 6) is 0.893. The summed E-state index contributed by atoms with van der Waals surface area (Å²) in [5.41, 5.74) is 2.08. The molecule has 2 aromatic rings. The molecule has 168 valence electrons. The average Bonchev–Trinajstić information content (AvgIpc) is 2.80. The minimum atomic E-state index is -0.640. The number of nitrogens with one attached hydrogen (secondary N) is 1. The van der Waals surface area contributed by atoms with E-state index >= 15 is 0 Å². The Kier molecular flexibility index (Phi) is 9.38. The van der Waals surface area contributed by atoms with Crippen LogP contribution in [0.15, 0.2) is 48.5 Å². The third-order valence-corrected chi connectivity index (χ3v) is 5.35. The van der Waals surface area contributed by atoms with Gasteiger partial charge in [-0.05, 0) is 62.1 Å². The number of benzene rings is 2. The Morgan fingerprint density at radius 1 is 1.00 bits per heavy atom. The summed E-state index contributed by atoms with van der Waals surface area (Å²) in [5, 5.41) is 2.96. The standard InChI is InChI=1S/C25H34N2O4/c1-6-18(3)26-25(29)19(4)27(16-21-9-8-10-23(15-21)30-5)24(28)17-31-22-13-11-20(7-2)12-14-22/h8-15,18-19H,6-7,16-17H2,1-5H3,(H,26,29). The zero-order valence-electron chi connectivity index (χ0n) is 19.2. The molecule has 0 fully saturated rings. The molecule has 6 heteroatoms. The van der Waals surface area contributed by atoms with Gasteiger partial charge in [-0.1, -0.05) is 38.1 Å². The molecule has 0 saturated heterocycles. The van der Waals surface area contributed by atoms with Crippen molar-refractivity contribution < 1.29 is 19.1 Å². The summed E-state index contributed by atoms with van der Waals surface area (Å²) in [4.78, 5) is 27.4. The number of rotatable bonds is 11. The normalized spacial score (nSPS) is 12.5. The van der Waals surface area contributed by atoms with Crippen LogP contribution in [0.1, 0.15) is 45.2 Å². The van der Waals surface area contributed by atoms with Gasteiger partial charge < -0.3 is 19.7 Å². The van der Waals surface area contributed by atoms with Gasteiger partial charge in [0.2, 0.25) is 5.91 Å². The topological polar surface area (TPSA) is 67.9 Å². The van der Waals surface area contributed by atoms with Crippen LogP contribution >= 0.6 is 0 Å². The van der Waals surface area contributed by atoms with Gasteiger partial charge in [0.05, 0.1) is 7.11 Å². The molecule has 2 unspecified atom stereocenters. The van der Waals surface area contributed by atoms with Crippen molar-refractivity contribution in [1.29, 1.82) is 0 Å². The summed E-state index contributed by atoms with van der Waals surface area (Å²) in [7, 11) is 1.60. The van der Waals surface area contributed by atoms with E-state index in [1.165, 1.54) is 5.56 Å². The van der Waals surface area contributed by atoms with Gasteiger partial charge in [0.15, 0.2) is 6.61 Å². The molecular weight excluding hydrogens is 392 g/mol. The zero-order valence-corrected chi connectivity index (χ0v) is 19.2. The molecule has 0 aliphatic heterocycles. The van der Waals surface area contributed by atoms with Gasteiger partial charge in [0.1, 0.15) is 17.5 Å². The van der Waals surface area contributed by atoms with Gasteiger partial charge in [0.25, 0.3) is 5.91 Å². The maximum atomic E-state index is 13.1. The lowest BCUT2D eigenvalue weighted by Gasteiger charge is -2.29. The van der Waals surface area contributed by atoms with Crippen molar-refractivity contribution in [2.45, 2.75) is 59.2 Å². The first-order chi connectivity index (χ1) is 14.9. The first-order valence-corrected chi connectivity index (χ1v) is 10.8. The first-order valence-electron chi connectivity index (χ1n) is 10.8. The predicted octanol–water partition coefficient (Wildman–Crippen LogP) is 3.97. The molecule has 0 aliphatic rings. The van der Waals surface area contributed by atoms with Crippen LogP contribution < -0.4 is 14.8 Å². The summed E-state index contributed by atoms with van der Waals surface area (Å²) in [6.07, 6.45) is 1.76. The minimum absolute atomic E-state index is 0.0389. The molecule has 0 aromatic heterocycles. The average molecular weight is 427 g/mol. The third-order valence-electron chi connectivity index (χ3n) is 5.35. The van der Waals surface area contributed by atoms with Gasteiger partial charge in [-0.3, -0.25) is 9.59 Å².